The predicted octanol–water partition coefficient (Wildman–Crippen LogP) is 3.76. The molecule has 1 heterocycles. The molecule has 0 N–H and O–H groups in total. The third kappa shape index (κ3) is 1.83. The summed E-state index contributed by atoms with van der Waals surface area (Å²) in [6.07, 6.45) is 0. The minimum absolute atomic E-state index is 0.140. The lowest BCUT2D eigenvalue weighted by atomic mass is 10.0. The van der Waals surface area contributed by atoms with Crippen molar-refractivity contribution in [1.82, 2.24) is 5.16 Å². The molecule has 0 saturated heterocycles. The number of alkyl halides is 2. The molecular formula is C12H11F2NO. The standard InChI is InChI=1S/C12H11F2NO/c1-8-10(12(2,13)14)11(16-15-8)9-6-4-3-5-7-9/h3-7H,1-2H3. The fourth-order valence-electron chi connectivity index (χ4n) is 1.67. The molecule has 0 aliphatic rings. The van der Waals surface area contributed by atoms with Gasteiger partial charge >= 0.3 is 0 Å². The van der Waals surface area contributed by atoms with Gasteiger partial charge in [0.2, 0.25) is 0 Å². The highest BCUT2D eigenvalue weighted by Crippen LogP contribution is 2.37. The average Bonchev–Trinajstić information content (AvgIpc) is 2.61. The Morgan fingerprint density at radius 2 is 1.81 bits per heavy atom. The van der Waals surface area contributed by atoms with E-state index in [1.165, 1.54) is 6.92 Å². The summed E-state index contributed by atoms with van der Waals surface area (Å²) < 4.78 is 31.8. The van der Waals surface area contributed by atoms with Gasteiger partial charge in [-0.15, -0.1) is 0 Å². The maximum atomic E-state index is 13.4. The molecule has 84 valence electrons. The number of nitrogens with zero attached hydrogens (tertiary/aromatic N) is 1. The van der Waals surface area contributed by atoms with E-state index in [0.29, 0.717) is 5.56 Å². The molecule has 0 radical (unpaired) electrons. The fourth-order valence-corrected chi connectivity index (χ4v) is 1.67. The Labute approximate surface area is 91.9 Å². The van der Waals surface area contributed by atoms with Crippen molar-refractivity contribution in [2.24, 2.45) is 0 Å². The van der Waals surface area contributed by atoms with Gasteiger partial charge in [-0.25, -0.2) is 8.78 Å². The third-order valence-corrected chi connectivity index (χ3v) is 2.34. The number of aromatic nitrogens is 1. The first-order valence-corrected chi connectivity index (χ1v) is 4.90. The van der Waals surface area contributed by atoms with E-state index < -0.39 is 5.92 Å². The van der Waals surface area contributed by atoms with Gasteiger partial charge in [-0.05, 0) is 6.92 Å². The zero-order valence-electron chi connectivity index (χ0n) is 9.00. The van der Waals surface area contributed by atoms with E-state index in [4.69, 9.17) is 4.52 Å². The number of benzene rings is 1. The summed E-state index contributed by atoms with van der Waals surface area (Å²) in [5.74, 6) is -2.81. The van der Waals surface area contributed by atoms with Crippen LogP contribution in [0.4, 0.5) is 8.78 Å². The summed E-state index contributed by atoms with van der Waals surface area (Å²) in [5, 5.41) is 3.60. The first-order chi connectivity index (χ1) is 7.50. The second kappa shape index (κ2) is 3.70. The third-order valence-electron chi connectivity index (χ3n) is 2.34. The minimum atomic E-state index is -2.95. The Kier molecular flexibility index (Phi) is 2.50. The van der Waals surface area contributed by atoms with Gasteiger partial charge in [0, 0.05) is 12.5 Å². The molecule has 2 nitrogen and oxygen atoms in total. The Morgan fingerprint density at radius 1 is 1.19 bits per heavy atom. The van der Waals surface area contributed by atoms with Crippen LogP contribution >= 0.6 is 0 Å². The lowest BCUT2D eigenvalue weighted by Crippen LogP contribution is -2.09. The SMILES string of the molecule is Cc1noc(-c2ccccc2)c1C(C)(F)F. The van der Waals surface area contributed by atoms with Gasteiger partial charge in [0.15, 0.2) is 5.76 Å². The van der Waals surface area contributed by atoms with Crippen LogP contribution in [-0.4, -0.2) is 5.16 Å². The summed E-state index contributed by atoms with van der Waals surface area (Å²) in [5.41, 5.74) is 0.699. The topological polar surface area (TPSA) is 26.0 Å². The van der Waals surface area contributed by atoms with Gasteiger partial charge in [-0.1, -0.05) is 35.5 Å². The molecule has 1 aromatic heterocycles. The van der Waals surface area contributed by atoms with E-state index in [1.807, 2.05) is 6.07 Å². The Balaban J connectivity index is 2.60. The Bertz CT molecular complexity index is 485. The number of aryl methyl sites for hydroxylation is 1. The molecule has 2 rings (SSSR count). The monoisotopic (exact) mass is 223 g/mol. The smallest absolute Gasteiger partial charge is 0.276 e. The highest BCUT2D eigenvalue weighted by molar-refractivity contribution is 5.62. The van der Waals surface area contributed by atoms with Crippen LogP contribution in [-0.2, 0) is 5.92 Å². The van der Waals surface area contributed by atoms with Crippen LogP contribution < -0.4 is 0 Å². The second-order valence-electron chi connectivity index (χ2n) is 3.73. The number of halogens is 2. The minimum Gasteiger partial charge on any atom is -0.355 e. The molecule has 0 atom stereocenters. The highest BCUT2D eigenvalue weighted by atomic mass is 19.3. The van der Waals surface area contributed by atoms with Crippen molar-refractivity contribution < 1.29 is 13.3 Å². The molecular weight excluding hydrogens is 212 g/mol. The van der Waals surface area contributed by atoms with Crippen LogP contribution in [0.3, 0.4) is 0 Å². The van der Waals surface area contributed by atoms with E-state index in [2.05, 4.69) is 5.16 Å². The average molecular weight is 223 g/mol. The first kappa shape index (κ1) is 10.8. The number of hydrogen-bond donors (Lipinski definition) is 0. The lowest BCUT2D eigenvalue weighted by Gasteiger charge is -2.10. The molecule has 0 fully saturated rings. The van der Waals surface area contributed by atoms with E-state index in [1.54, 1.807) is 24.3 Å². The molecule has 0 aliphatic heterocycles. The summed E-state index contributed by atoms with van der Waals surface area (Å²) in [7, 11) is 0. The largest absolute Gasteiger partial charge is 0.355 e. The van der Waals surface area contributed by atoms with E-state index >= 15 is 0 Å². The van der Waals surface area contributed by atoms with Gasteiger partial charge in [0.1, 0.15) is 0 Å². The first-order valence-electron chi connectivity index (χ1n) is 4.90. The predicted molar refractivity (Wildman–Crippen MR) is 56.2 cm³/mol. The van der Waals surface area contributed by atoms with Crippen LogP contribution in [0, 0.1) is 6.92 Å². The Morgan fingerprint density at radius 3 is 2.38 bits per heavy atom. The van der Waals surface area contributed by atoms with Gasteiger partial charge in [-0.2, -0.15) is 0 Å². The van der Waals surface area contributed by atoms with Crippen molar-refractivity contribution in [3.63, 3.8) is 0 Å². The quantitative estimate of drug-likeness (QED) is 0.774. The number of hydrogen-bond acceptors (Lipinski definition) is 2. The summed E-state index contributed by atoms with van der Waals surface area (Å²) in [6, 6.07) is 8.79. The molecule has 2 aromatic rings. The van der Waals surface area contributed by atoms with Crippen molar-refractivity contribution in [3.05, 3.63) is 41.6 Å². The molecule has 16 heavy (non-hydrogen) atoms. The zero-order chi connectivity index (χ0) is 11.8. The van der Waals surface area contributed by atoms with Crippen molar-refractivity contribution >= 4 is 0 Å². The summed E-state index contributed by atoms with van der Waals surface area (Å²) >= 11 is 0. The molecule has 0 saturated carbocycles. The van der Waals surface area contributed by atoms with Gasteiger partial charge in [0.25, 0.3) is 5.92 Å². The van der Waals surface area contributed by atoms with Crippen molar-refractivity contribution in [3.8, 4) is 11.3 Å². The van der Waals surface area contributed by atoms with Crippen LogP contribution in [0.1, 0.15) is 18.2 Å². The molecule has 0 amide bonds. The van der Waals surface area contributed by atoms with Gasteiger partial charge < -0.3 is 4.52 Å². The van der Waals surface area contributed by atoms with Crippen LogP contribution in [0.25, 0.3) is 11.3 Å². The molecule has 0 bridgehead atoms. The van der Waals surface area contributed by atoms with E-state index in [0.717, 1.165) is 6.92 Å². The van der Waals surface area contributed by atoms with E-state index in [9.17, 15) is 8.78 Å². The number of rotatable bonds is 2. The summed E-state index contributed by atoms with van der Waals surface area (Å²) in [4.78, 5) is 0. The molecule has 0 unspecified atom stereocenters. The zero-order valence-corrected chi connectivity index (χ0v) is 9.00. The van der Waals surface area contributed by atoms with Crippen molar-refractivity contribution in [1.29, 1.82) is 0 Å². The van der Waals surface area contributed by atoms with Crippen molar-refractivity contribution in [2.45, 2.75) is 19.8 Å². The maximum absolute atomic E-state index is 13.4. The van der Waals surface area contributed by atoms with Gasteiger partial charge in [0.05, 0.1) is 11.3 Å². The van der Waals surface area contributed by atoms with E-state index in [-0.39, 0.29) is 17.0 Å². The van der Waals surface area contributed by atoms with Gasteiger partial charge in [-0.3, -0.25) is 0 Å². The molecule has 1 aromatic carbocycles. The normalized spacial score (nSPS) is 11.8. The Hall–Kier alpha value is -1.71. The fraction of sp³-hybridized carbons (Fsp3) is 0.250. The van der Waals surface area contributed by atoms with Crippen LogP contribution in [0.5, 0.6) is 0 Å². The summed E-state index contributed by atoms with van der Waals surface area (Å²) in [6.45, 7) is 2.36. The molecule has 0 spiro atoms. The van der Waals surface area contributed by atoms with Crippen molar-refractivity contribution in [2.75, 3.05) is 0 Å². The maximum Gasteiger partial charge on any atom is 0.276 e. The molecule has 4 heteroatoms. The van der Waals surface area contributed by atoms with Crippen LogP contribution in [0.2, 0.25) is 0 Å². The second-order valence-corrected chi connectivity index (χ2v) is 3.73. The molecule has 0 aliphatic carbocycles. The van der Waals surface area contributed by atoms with Crippen LogP contribution in [0.15, 0.2) is 34.9 Å². The highest BCUT2D eigenvalue weighted by Gasteiger charge is 2.34. The lowest BCUT2D eigenvalue weighted by molar-refractivity contribution is 0.0171.